The lowest BCUT2D eigenvalue weighted by atomic mass is 9.89. The molecule has 0 spiro atoms. The smallest absolute Gasteiger partial charge is 0.416 e. The second-order valence-corrected chi connectivity index (χ2v) is 7.81. The normalized spacial score (nSPS) is 17.6. The van der Waals surface area contributed by atoms with Gasteiger partial charge in [0.2, 0.25) is 0 Å². The molecular weight excluding hydrogens is 397 g/mol. The standard InChI is InChI=1S/C22H25F3N2O3/c1-21(2)13-18(17-9-8-16(22(23,24)25)12-19(17)30-21)26-10-11-27-20(28)29-14-15-6-4-3-5-7-15/h3-9,12,18,26H,10-11,13-14H2,1-2H3,(H,27,28). The van der Waals surface area contributed by atoms with Crippen molar-refractivity contribution in [2.75, 3.05) is 13.1 Å². The quantitative estimate of drug-likeness (QED) is 0.655. The molecule has 8 heteroatoms. The number of benzene rings is 2. The van der Waals surface area contributed by atoms with Gasteiger partial charge in [-0.15, -0.1) is 0 Å². The molecule has 0 fully saturated rings. The summed E-state index contributed by atoms with van der Waals surface area (Å²) in [6.45, 7) is 4.61. The Morgan fingerprint density at radius 3 is 2.60 bits per heavy atom. The van der Waals surface area contributed by atoms with Crippen LogP contribution in [0.15, 0.2) is 48.5 Å². The van der Waals surface area contributed by atoms with Gasteiger partial charge in [-0.3, -0.25) is 0 Å². The molecule has 2 aromatic rings. The molecule has 2 aromatic carbocycles. The molecule has 0 bridgehead atoms. The molecule has 30 heavy (non-hydrogen) atoms. The van der Waals surface area contributed by atoms with E-state index in [1.165, 1.54) is 6.07 Å². The minimum atomic E-state index is -4.42. The van der Waals surface area contributed by atoms with Crippen LogP contribution in [0, 0.1) is 0 Å². The molecule has 1 heterocycles. The van der Waals surface area contributed by atoms with Crippen LogP contribution in [0.25, 0.3) is 0 Å². The van der Waals surface area contributed by atoms with Gasteiger partial charge >= 0.3 is 12.3 Å². The van der Waals surface area contributed by atoms with Crippen molar-refractivity contribution in [1.29, 1.82) is 0 Å². The molecule has 1 unspecified atom stereocenters. The number of fused-ring (bicyclic) bond motifs is 1. The molecule has 1 aliphatic heterocycles. The zero-order valence-corrected chi connectivity index (χ0v) is 16.9. The zero-order chi connectivity index (χ0) is 21.8. The van der Waals surface area contributed by atoms with E-state index in [-0.39, 0.29) is 18.4 Å². The molecule has 2 N–H and O–H groups in total. The van der Waals surface area contributed by atoms with Crippen LogP contribution in [0.1, 0.15) is 43.0 Å². The summed E-state index contributed by atoms with van der Waals surface area (Å²) in [5.41, 5.74) is 0.219. The lowest BCUT2D eigenvalue weighted by Gasteiger charge is -2.38. The number of amides is 1. The molecule has 0 aliphatic carbocycles. The predicted molar refractivity (Wildman–Crippen MR) is 106 cm³/mol. The molecular formula is C22H25F3N2O3. The fraction of sp³-hybridized carbons (Fsp3) is 0.409. The van der Waals surface area contributed by atoms with Crippen LogP contribution < -0.4 is 15.4 Å². The first-order valence-electron chi connectivity index (χ1n) is 9.72. The third-order valence-corrected chi connectivity index (χ3v) is 4.80. The fourth-order valence-corrected chi connectivity index (χ4v) is 3.40. The maximum atomic E-state index is 13.0. The summed E-state index contributed by atoms with van der Waals surface area (Å²) in [4.78, 5) is 11.8. The van der Waals surface area contributed by atoms with Gasteiger partial charge in [0, 0.05) is 31.1 Å². The van der Waals surface area contributed by atoms with Gasteiger partial charge in [0.25, 0.3) is 0 Å². The first-order chi connectivity index (χ1) is 14.1. The van der Waals surface area contributed by atoms with Gasteiger partial charge in [-0.1, -0.05) is 36.4 Å². The summed E-state index contributed by atoms with van der Waals surface area (Å²) < 4.78 is 50.0. The number of hydrogen-bond donors (Lipinski definition) is 2. The van der Waals surface area contributed by atoms with Crippen molar-refractivity contribution in [2.45, 2.75) is 44.7 Å². The van der Waals surface area contributed by atoms with Crippen LogP contribution in [0.5, 0.6) is 5.75 Å². The Balaban J connectivity index is 1.52. The number of nitrogens with one attached hydrogen (secondary N) is 2. The summed E-state index contributed by atoms with van der Waals surface area (Å²) in [5, 5.41) is 5.95. The number of carbonyl (C=O) groups is 1. The van der Waals surface area contributed by atoms with Gasteiger partial charge in [0.05, 0.1) is 5.56 Å². The molecule has 0 saturated carbocycles. The highest BCUT2D eigenvalue weighted by Crippen LogP contribution is 2.42. The van der Waals surface area contributed by atoms with Gasteiger partial charge in [-0.05, 0) is 31.5 Å². The highest BCUT2D eigenvalue weighted by atomic mass is 19.4. The molecule has 3 rings (SSSR count). The number of alkyl halides is 3. The van der Waals surface area contributed by atoms with Crippen molar-refractivity contribution >= 4 is 6.09 Å². The zero-order valence-electron chi connectivity index (χ0n) is 16.9. The van der Waals surface area contributed by atoms with Crippen molar-refractivity contribution in [3.05, 3.63) is 65.2 Å². The Labute approximate surface area is 173 Å². The molecule has 1 amide bonds. The molecule has 162 valence electrons. The van der Waals surface area contributed by atoms with E-state index < -0.39 is 23.4 Å². The summed E-state index contributed by atoms with van der Waals surface area (Å²) >= 11 is 0. The highest BCUT2D eigenvalue weighted by Gasteiger charge is 2.37. The minimum Gasteiger partial charge on any atom is -0.487 e. The van der Waals surface area contributed by atoms with E-state index in [9.17, 15) is 18.0 Å². The van der Waals surface area contributed by atoms with Crippen LogP contribution in [0.4, 0.5) is 18.0 Å². The SMILES string of the molecule is CC1(C)CC(NCCNC(=O)OCc2ccccc2)c2ccc(C(F)(F)F)cc2O1. The Bertz CT molecular complexity index is 870. The van der Waals surface area contributed by atoms with Gasteiger partial charge in [-0.25, -0.2) is 4.79 Å². The van der Waals surface area contributed by atoms with Crippen molar-refractivity contribution in [3.8, 4) is 5.75 Å². The van der Waals surface area contributed by atoms with Crippen LogP contribution in [0.2, 0.25) is 0 Å². The van der Waals surface area contributed by atoms with Crippen LogP contribution in [-0.4, -0.2) is 24.8 Å². The molecule has 0 aromatic heterocycles. The second kappa shape index (κ2) is 8.95. The van der Waals surface area contributed by atoms with Gasteiger partial charge in [-0.2, -0.15) is 13.2 Å². The Hall–Kier alpha value is -2.74. The van der Waals surface area contributed by atoms with Crippen molar-refractivity contribution < 1.29 is 27.4 Å². The molecule has 1 aliphatic rings. The predicted octanol–water partition coefficient (Wildman–Crippen LogP) is 4.82. The average Bonchev–Trinajstić information content (AvgIpc) is 2.68. The van der Waals surface area contributed by atoms with Crippen molar-refractivity contribution in [2.24, 2.45) is 0 Å². The maximum Gasteiger partial charge on any atom is 0.416 e. The summed E-state index contributed by atoms with van der Waals surface area (Å²) in [7, 11) is 0. The van der Waals surface area contributed by atoms with Crippen LogP contribution in [-0.2, 0) is 17.5 Å². The first kappa shape index (κ1) is 22.0. The summed E-state index contributed by atoms with van der Waals surface area (Å²) in [6.07, 6.45) is -4.36. The van der Waals surface area contributed by atoms with E-state index >= 15 is 0 Å². The molecule has 5 nitrogen and oxygen atoms in total. The number of carbonyl (C=O) groups excluding carboxylic acids is 1. The van der Waals surface area contributed by atoms with Crippen LogP contribution in [0.3, 0.4) is 0 Å². The Kier molecular flexibility index (Phi) is 6.55. The van der Waals surface area contributed by atoms with E-state index in [0.717, 1.165) is 17.7 Å². The Morgan fingerprint density at radius 2 is 1.90 bits per heavy atom. The number of ether oxygens (including phenoxy) is 2. The number of halogens is 3. The van der Waals surface area contributed by atoms with E-state index in [2.05, 4.69) is 10.6 Å². The largest absolute Gasteiger partial charge is 0.487 e. The average molecular weight is 422 g/mol. The van der Waals surface area contributed by atoms with E-state index in [1.807, 2.05) is 44.2 Å². The monoisotopic (exact) mass is 422 g/mol. The molecule has 1 atom stereocenters. The lowest BCUT2D eigenvalue weighted by molar-refractivity contribution is -0.137. The second-order valence-electron chi connectivity index (χ2n) is 7.81. The molecule has 0 radical (unpaired) electrons. The third kappa shape index (κ3) is 5.89. The van der Waals surface area contributed by atoms with Crippen LogP contribution >= 0.6 is 0 Å². The number of hydrogen-bond acceptors (Lipinski definition) is 4. The third-order valence-electron chi connectivity index (χ3n) is 4.80. The van der Waals surface area contributed by atoms with Crippen molar-refractivity contribution in [3.63, 3.8) is 0 Å². The first-order valence-corrected chi connectivity index (χ1v) is 9.72. The lowest BCUT2D eigenvalue weighted by Crippen LogP contribution is -2.41. The van der Waals surface area contributed by atoms with Gasteiger partial charge < -0.3 is 20.1 Å². The van der Waals surface area contributed by atoms with E-state index in [1.54, 1.807) is 0 Å². The summed E-state index contributed by atoms with van der Waals surface area (Å²) in [5.74, 6) is 0.230. The highest BCUT2D eigenvalue weighted by molar-refractivity contribution is 5.67. The minimum absolute atomic E-state index is 0.184. The van der Waals surface area contributed by atoms with E-state index in [0.29, 0.717) is 25.1 Å². The number of rotatable bonds is 6. The van der Waals surface area contributed by atoms with Gasteiger partial charge in [0.1, 0.15) is 18.0 Å². The number of alkyl carbamates (subject to hydrolysis) is 1. The van der Waals surface area contributed by atoms with E-state index in [4.69, 9.17) is 9.47 Å². The van der Waals surface area contributed by atoms with Crippen molar-refractivity contribution in [1.82, 2.24) is 10.6 Å². The Morgan fingerprint density at radius 1 is 1.17 bits per heavy atom. The fourth-order valence-electron chi connectivity index (χ4n) is 3.40. The maximum absolute atomic E-state index is 13.0. The topological polar surface area (TPSA) is 59.6 Å². The summed E-state index contributed by atoms with van der Waals surface area (Å²) in [6, 6.07) is 12.7. The molecule has 0 saturated heterocycles. The van der Waals surface area contributed by atoms with Gasteiger partial charge in [0.15, 0.2) is 0 Å².